The number of anilines is 1. The van der Waals surface area contributed by atoms with Crippen molar-refractivity contribution in [3.63, 3.8) is 0 Å². The van der Waals surface area contributed by atoms with Gasteiger partial charge < -0.3 is 15.4 Å². The van der Waals surface area contributed by atoms with Crippen molar-refractivity contribution >= 4 is 27.5 Å². The monoisotopic (exact) mass is 314 g/mol. The van der Waals surface area contributed by atoms with Gasteiger partial charge in [0.15, 0.2) is 0 Å². The third-order valence-electron chi connectivity index (χ3n) is 2.34. The molecule has 0 atom stereocenters. The van der Waals surface area contributed by atoms with Crippen molar-refractivity contribution in [1.82, 2.24) is 5.32 Å². The number of methoxy groups -OCH3 is 1. The largest absolute Gasteiger partial charge is 0.495 e. The number of hydrogen-bond donors (Lipinski definition) is 2. The standard InChI is InChI=1S/C13H19BrN2O2/c1-9(2)15-7-6-13(17)16-11-8-10(14)4-5-12(11)18-3/h4-5,8-9,15H,6-7H2,1-3H3,(H,16,17). The second-order valence-corrected chi connectivity index (χ2v) is 5.17. The van der Waals surface area contributed by atoms with E-state index in [1.807, 2.05) is 18.2 Å². The van der Waals surface area contributed by atoms with E-state index in [-0.39, 0.29) is 5.91 Å². The van der Waals surface area contributed by atoms with E-state index in [4.69, 9.17) is 4.74 Å². The summed E-state index contributed by atoms with van der Waals surface area (Å²) >= 11 is 3.37. The summed E-state index contributed by atoms with van der Waals surface area (Å²) in [6, 6.07) is 5.89. The topological polar surface area (TPSA) is 50.4 Å². The number of carbonyl (C=O) groups excluding carboxylic acids is 1. The molecule has 0 saturated heterocycles. The fraction of sp³-hybridized carbons (Fsp3) is 0.462. The maximum absolute atomic E-state index is 11.8. The molecule has 1 rings (SSSR count). The van der Waals surface area contributed by atoms with Crippen molar-refractivity contribution in [1.29, 1.82) is 0 Å². The van der Waals surface area contributed by atoms with Gasteiger partial charge >= 0.3 is 0 Å². The summed E-state index contributed by atoms with van der Waals surface area (Å²) in [5.74, 6) is 0.628. The maximum atomic E-state index is 11.8. The molecule has 0 fully saturated rings. The number of amides is 1. The summed E-state index contributed by atoms with van der Waals surface area (Å²) < 4.78 is 6.09. The molecule has 0 aliphatic rings. The van der Waals surface area contributed by atoms with Crippen LogP contribution in [0.5, 0.6) is 5.75 Å². The Labute approximate surface area is 116 Å². The molecule has 0 aromatic heterocycles. The Morgan fingerprint density at radius 1 is 1.44 bits per heavy atom. The molecule has 0 bridgehead atoms. The van der Waals surface area contributed by atoms with Crippen LogP contribution in [0.25, 0.3) is 0 Å². The molecule has 0 heterocycles. The molecule has 0 aliphatic carbocycles. The van der Waals surface area contributed by atoms with Crippen LogP contribution >= 0.6 is 15.9 Å². The molecule has 0 aliphatic heterocycles. The number of carbonyl (C=O) groups is 1. The van der Waals surface area contributed by atoms with Crippen molar-refractivity contribution < 1.29 is 9.53 Å². The van der Waals surface area contributed by atoms with Crippen molar-refractivity contribution in [2.24, 2.45) is 0 Å². The Hall–Kier alpha value is -1.07. The molecule has 0 saturated carbocycles. The number of hydrogen-bond acceptors (Lipinski definition) is 3. The first-order valence-electron chi connectivity index (χ1n) is 5.89. The van der Waals surface area contributed by atoms with Crippen LogP contribution in [0.2, 0.25) is 0 Å². The van der Waals surface area contributed by atoms with E-state index < -0.39 is 0 Å². The highest BCUT2D eigenvalue weighted by Crippen LogP contribution is 2.27. The molecule has 4 nitrogen and oxygen atoms in total. The molecule has 100 valence electrons. The van der Waals surface area contributed by atoms with Crippen LogP contribution in [0.4, 0.5) is 5.69 Å². The molecular formula is C13H19BrN2O2. The third kappa shape index (κ3) is 5.06. The summed E-state index contributed by atoms with van der Waals surface area (Å²) in [6.07, 6.45) is 0.438. The average Bonchev–Trinajstić information content (AvgIpc) is 2.28. The summed E-state index contributed by atoms with van der Waals surface area (Å²) in [5, 5.41) is 6.04. The quantitative estimate of drug-likeness (QED) is 0.849. The number of halogens is 1. The van der Waals surface area contributed by atoms with Crippen LogP contribution in [0, 0.1) is 0 Å². The Morgan fingerprint density at radius 3 is 2.78 bits per heavy atom. The molecular weight excluding hydrogens is 296 g/mol. The SMILES string of the molecule is COc1ccc(Br)cc1NC(=O)CCNC(C)C. The molecule has 1 amide bonds. The van der Waals surface area contributed by atoms with Crippen LogP contribution in [-0.2, 0) is 4.79 Å². The highest BCUT2D eigenvalue weighted by molar-refractivity contribution is 9.10. The third-order valence-corrected chi connectivity index (χ3v) is 2.83. The van der Waals surface area contributed by atoms with Crippen LogP contribution in [0.3, 0.4) is 0 Å². The number of benzene rings is 1. The molecule has 0 radical (unpaired) electrons. The second kappa shape index (κ2) is 7.38. The fourth-order valence-electron chi connectivity index (χ4n) is 1.46. The van der Waals surface area contributed by atoms with Crippen LogP contribution in [0.1, 0.15) is 20.3 Å². The average molecular weight is 315 g/mol. The van der Waals surface area contributed by atoms with Crippen molar-refractivity contribution in [2.75, 3.05) is 19.0 Å². The Bertz CT molecular complexity index is 408. The van der Waals surface area contributed by atoms with Gasteiger partial charge in [-0.1, -0.05) is 29.8 Å². The summed E-state index contributed by atoms with van der Waals surface area (Å²) in [4.78, 5) is 11.8. The lowest BCUT2D eigenvalue weighted by molar-refractivity contribution is -0.116. The van der Waals surface area contributed by atoms with Gasteiger partial charge in [0, 0.05) is 23.5 Å². The van der Waals surface area contributed by atoms with Gasteiger partial charge in [-0.05, 0) is 18.2 Å². The van der Waals surface area contributed by atoms with E-state index in [0.717, 1.165) is 4.47 Å². The van der Waals surface area contributed by atoms with Gasteiger partial charge in [-0.3, -0.25) is 4.79 Å². The van der Waals surface area contributed by atoms with Gasteiger partial charge in [-0.2, -0.15) is 0 Å². The zero-order chi connectivity index (χ0) is 13.5. The minimum Gasteiger partial charge on any atom is -0.495 e. The molecule has 1 aromatic carbocycles. The molecule has 1 aromatic rings. The number of rotatable bonds is 6. The molecule has 18 heavy (non-hydrogen) atoms. The maximum Gasteiger partial charge on any atom is 0.225 e. The van der Waals surface area contributed by atoms with E-state index in [9.17, 15) is 4.79 Å². The van der Waals surface area contributed by atoms with E-state index in [1.54, 1.807) is 7.11 Å². The van der Waals surface area contributed by atoms with E-state index >= 15 is 0 Å². The van der Waals surface area contributed by atoms with Gasteiger partial charge in [0.2, 0.25) is 5.91 Å². The van der Waals surface area contributed by atoms with Crippen molar-refractivity contribution in [3.8, 4) is 5.75 Å². The zero-order valence-electron chi connectivity index (χ0n) is 10.9. The first-order valence-corrected chi connectivity index (χ1v) is 6.69. The Morgan fingerprint density at radius 2 is 2.17 bits per heavy atom. The summed E-state index contributed by atoms with van der Waals surface area (Å²) in [7, 11) is 1.58. The fourth-order valence-corrected chi connectivity index (χ4v) is 1.83. The second-order valence-electron chi connectivity index (χ2n) is 4.25. The van der Waals surface area contributed by atoms with E-state index in [0.29, 0.717) is 30.4 Å². The predicted octanol–water partition coefficient (Wildman–Crippen LogP) is 2.78. The van der Waals surface area contributed by atoms with Crippen molar-refractivity contribution in [3.05, 3.63) is 22.7 Å². The first-order chi connectivity index (χ1) is 8.52. The summed E-state index contributed by atoms with van der Waals surface area (Å²) in [6.45, 7) is 4.77. The lowest BCUT2D eigenvalue weighted by atomic mass is 10.2. The molecule has 0 unspecified atom stereocenters. The van der Waals surface area contributed by atoms with Gasteiger partial charge in [-0.15, -0.1) is 0 Å². The number of ether oxygens (including phenoxy) is 1. The Kier molecular flexibility index (Phi) is 6.15. The van der Waals surface area contributed by atoms with E-state index in [1.165, 1.54) is 0 Å². The van der Waals surface area contributed by atoms with Crippen LogP contribution < -0.4 is 15.4 Å². The lowest BCUT2D eigenvalue weighted by Gasteiger charge is -2.11. The van der Waals surface area contributed by atoms with E-state index in [2.05, 4.69) is 40.4 Å². The molecule has 2 N–H and O–H groups in total. The number of nitrogens with one attached hydrogen (secondary N) is 2. The van der Waals surface area contributed by atoms with Crippen molar-refractivity contribution in [2.45, 2.75) is 26.3 Å². The van der Waals surface area contributed by atoms with Crippen LogP contribution in [-0.4, -0.2) is 25.6 Å². The van der Waals surface area contributed by atoms with Gasteiger partial charge in [0.05, 0.1) is 12.8 Å². The minimum atomic E-state index is -0.0282. The normalized spacial score (nSPS) is 10.5. The minimum absolute atomic E-state index is 0.0282. The Balaban J connectivity index is 2.55. The molecule has 5 heteroatoms. The van der Waals surface area contributed by atoms with Gasteiger partial charge in [-0.25, -0.2) is 0 Å². The zero-order valence-corrected chi connectivity index (χ0v) is 12.5. The van der Waals surface area contributed by atoms with Gasteiger partial charge in [0.1, 0.15) is 5.75 Å². The summed E-state index contributed by atoms with van der Waals surface area (Å²) in [5.41, 5.74) is 0.682. The predicted molar refractivity (Wildman–Crippen MR) is 77.1 cm³/mol. The smallest absolute Gasteiger partial charge is 0.225 e. The van der Waals surface area contributed by atoms with Gasteiger partial charge in [0.25, 0.3) is 0 Å². The lowest BCUT2D eigenvalue weighted by Crippen LogP contribution is -2.27. The molecule has 0 spiro atoms. The van der Waals surface area contributed by atoms with Crippen LogP contribution in [0.15, 0.2) is 22.7 Å². The highest BCUT2D eigenvalue weighted by atomic mass is 79.9. The first kappa shape index (κ1) is 15.0. The highest BCUT2D eigenvalue weighted by Gasteiger charge is 2.08.